The van der Waals surface area contributed by atoms with Gasteiger partial charge in [0, 0.05) is 11.3 Å². The van der Waals surface area contributed by atoms with Crippen molar-refractivity contribution < 1.29 is 31.5 Å². The minimum absolute atomic E-state index is 0.123. The Morgan fingerprint density at radius 2 is 1.64 bits per heavy atom. The number of carbonyl (C=O) groups is 1. The molecule has 186 valence electrons. The summed E-state index contributed by atoms with van der Waals surface area (Å²) in [4.78, 5) is 12.9. The molecule has 3 rings (SSSR count). The third-order valence-corrected chi connectivity index (χ3v) is 7.70. The van der Waals surface area contributed by atoms with Gasteiger partial charge >= 0.3 is 5.97 Å². The summed E-state index contributed by atoms with van der Waals surface area (Å²) in [5, 5.41) is 0. The predicted octanol–water partition coefficient (Wildman–Crippen LogP) is 7.49. The molecular formula is C25H33F5O2S. The Morgan fingerprint density at radius 3 is 2.24 bits per heavy atom. The molecule has 0 radical (unpaired) electrons. The van der Waals surface area contributed by atoms with Crippen LogP contribution in [-0.2, 0) is 4.79 Å². The fraction of sp³-hybridized carbons (Fsp3) is 0.720. The van der Waals surface area contributed by atoms with Crippen LogP contribution in [0.4, 0.5) is 22.0 Å². The van der Waals surface area contributed by atoms with Crippen LogP contribution < -0.4 is 4.74 Å². The summed E-state index contributed by atoms with van der Waals surface area (Å²) in [7, 11) is 0. The van der Waals surface area contributed by atoms with E-state index < -0.39 is 48.2 Å². The third-order valence-electron chi connectivity index (χ3n) is 7.40. The van der Waals surface area contributed by atoms with E-state index in [2.05, 4.69) is 19.6 Å². The maximum absolute atomic E-state index is 15.7. The fourth-order valence-electron chi connectivity index (χ4n) is 5.30. The molecule has 2 nitrogen and oxygen atoms in total. The zero-order valence-corrected chi connectivity index (χ0v) is 19.8. The van der Waals surface area contributed by atoms with Gasteiger partial charge in [-0.2, -0.15) is 0 Å². The average molecular weight is 493 g/mol. The minimum Gasteiger partial charge on any atom is -0.424 e. The van der Waals surface area contributed by atoms with Gasteiger partial charge in [0.25, 0.3) is 0 Å². The molecule has 0 aliphatic heterocycles. The highest BCUT2D eigenvalue weighted by atomic mass is 32.1. The Kier molecular flexibility index (Phi) is 8.73. The van der Waals surface area contributed by atoms with Crippen LogP contribution in [0.2, 0.25) is 0 Å². The molecule has 0 aromatic heterocycles. The molecule has 0 amide bonds. The van der Waals surface area contributed by atoms with Gasteiger partial charge in [-0.15, -0.1) is 12.6 Å². The first-order valence-electron chi connectivity index (χ1n) is 11.9. The largest absolute Gasteiger partial charge is 0.424 e. The van der Waals surface area contributed by atoms with Gasteiger partial charge < -0.3 is 4.74 Å². The summed E-state index contributed by atoms with van der Waals surface area (Å²) in [6.45, 7) is 2.13. The standard InChI is InChI=1S/C25H33F5O2S/c1-2-3-4-5-6-16-7-9-17(10-8-16)25(30)20(26)15-24(29,21(27)22(25)28)23(31)32-18-11-13-19(33)14-12-18/h11-14,16-17,20-22,33H,2-10,15H2,1H3. The zero-order valence-electron chi connectivity index (χ0n) is 18.9. The number of rotatable bonds is 8. The number of unbranched alkanes of at least 4 members (excludes halogenated alkanes) is 3. The van der Waals surface area contributed by atoms with Crippen molar-refractivity contribution in [3.05, 3.63) is 24.3 Å². The number of ether oxygens (including phenoxy) is 1. The number of hydrogen-bond acceptors (Lipinski definition) is 3. The van der Waals surface area contributed by atoms with E-state index in [9.17, 15) is 9.18 Å². The van der Waals surface area contributed by atoms with Crippen LogP contribution in [0.25, 0.3) is 0 Å². The molecule has 1 aromatic rings. The lowest BCUT2D eigenvalue weighted by atomic mass is 9.63. The Hall–Kier alpha value is -1.31. The van der Waals surface area contributed by atoms with Gasteiger partial charge in [-0.3, -0.25) is 0 Å². The van der Waals surface area contributed by atoms with Crippen LogP contribution in [0, 0.1) is 11.8 Å². The summed E-state index contributed by atoms with van der Waals surface area (Å²) in [6, 6.07) is 5.49. The normalized spacial score (nSPS) is 37.0. The molecule has 0 bridgehead atoms. The second-order valence-electron chi connectivity index (χ2n) is 9.62. The highest BCUT2D eigenvalue weighted by Crippen LogP contribution is 2.53. The quantitative estimate of drug-likeness (QED) is 0.134. The molecule has 2 saturated carbocycles. The smallest absolute Gasteiger partial charge is 0.352 e. The van der Waals surface area contributed by atoms with E-state index in [-0.39, 0.29) is 18.6 Å². The van der Waals surface area contributed by atoms with Crippen LogP contribution in [0.3, 0.4) is 0 Å². The van der Waals surface area contributed by atoms with Gasteiger partial charge in [0.05, 0.1) is 0 Å². The Labute approximate surface area is 198 Å². The zero-order chi connectivity index (χ0) is 24.2. The van der Waals surface area contributed by atoms with Crippen LogP contribution >= 0.6 is 12.6 Å². The van der Waals surface area contributed by atoms with Crippen LogP contribution in [-0.4, -0.2) is 35.8 Å². The topological polar surface area (TPSA) is 26.3 Å². The lowest BCUT2D eigenvalue weighted by molar-refractivity contribution is -0.195. The number of thiol groups is 1. The van der Waals surface area contributed by atoms with E-state index in [1.54, 1.807) is 0 Å². The Morgan fingerprint density at radius 1 is 1.00 bits per heavy atom. The van der Waals surface area contributed by atoms with E-state index in [4.69, 9.17) is 4.74 Å². The maximum atomic E-state index is 15.7. The SMILES string of the molecule is CCCCCCC1CCC(C2(F)C(F)CC(F)(C(=O)Oc3ccc(S)cc3)C(F)C2F)CC1. The molecule has 2 aliphatic rings. The summed E-state index contributed by atoms with van der Waals surface area (Å²) >= 11 is 4.06. The number of benzene rings is 1. The second kappa shape index (κ2) is 11.0. The van der Waals surface area contributed by atoms with Crippen molar-refractivity contribution in [1.82, 2.24) is 0 Å². The summed E-state index contributed by atoms with van der Waals surface area (Å²) < 4.78 is 80.8. The summed E-state index contributed by atoms with van der Waals surface area (Å²) in [5.41, 5.74) is -6.76. The van der Waals surface area contributed by atoms with Crippen molar-refractivity contribution in [3.63, 3.8) is 0 Å². The molecular weight excluding hydrogens is 459 g/mol. The van der Waals surface area contributed by atoms with E-state index in [1.165, 1.54) is 24.3 Å². The van der Waals surface area contributed by atoms with Gasteiger partial charge in [0.1, 0.15) is 11.9 Å². The van der Waals surface area contributed by atoms with Gasteiger partial charge in [-0.25, -0.2) is 26.7 Å². The molecule has 2 aliphatic carbocycles. The molecule has 1 aromatic carbocycles. The number of esters is 1. The van der Waals surface area contributed by atoms with E-state index in [0.717, 1.165) is 32.1 Å². The van der Waals surface area contributed by atoms with E-state index in [1.807, 2.05) is 0 Å². The first-order chi connectivity index (χ1) is 15.6. The van der Waals surface area contributed by atoms with Crippen molar-refractivity contribution in [2.24, 2.45) is 11.8 Å². The second-order valence-corrected chi connectivity index (χ2v) is 10.1. The van der Waals surface area contributed by atoms with Crippen molar-refractivity contribution in [3.8, 4) is 5.75 Å². The monoisotopic (exact) mass is 492 g/mol. The Bertz CT molecular complexity index is 786. The number of carbonyl (C=O) groups excluding carboxylic acids is 1. The molecule has 0 saturated heterocycles. The molecule has 0 spiro atoms. The maximum Gasteiger partial charge on any atom is 0.352 e. The molecule has 5 unspecified atom stereocenters. The minimum atomic E-state index is -3.61. The first kappa shape index (κ1) is 26.3. The molecule has 0 N–H and O–H groups in total. The summed E-state index contributed by atoms with van der Waals surface area (Å²) in [5.74, 6) is -2.56. The van der Waals surface area contributed by atoms with Crippen LogP contribution in [0.5, 0.6) is 5.75 Å². The lowest BCUT2D eigenvalue weighted by Crippen LogP contribution is -2.67. The van der Waals surface area contributed by atoms with Crippen molar-refractivity contribution in [1.29, 1.82) is 0 Å². The van der Waals surface area contributed by atoms with Crippen LogP contribution in [0.1, 0.15) is 71.1 Å². The van der Waals surface area contributed by atoms with Gasteiger partial charge in [0.2, 0.25) is 5.67 Å². The van der Waals surface area contributed by atoms with Gasteiger partial charge in [-0.1, -0.05) is 51.9 Å². The molecule has 2 fully saturated rings. The van der Waals surface area contributed by atoms with Crippen molar-refractivity contribution in [2.45, 2.75) is 106 Å². The Balaban J connectivity index is 1.64. The third kappa shape index (κ3) is 5.51. The van der Waals surface area contributed by atoms with E-state index in [0.29, 0.717) is 23.7 Å². The highest BCUT2D eigenvalue weighted by Gasteiger charge is 2.70. The summed E-state index contributed by atoms with van der Waals surface area (Å²) in [6.07, 6.45) is -3.17. The molecule has 0 heterocycles. The molecule has 33 heavy (non-hydrogen) atoms. The number of alkyl halides is 5. The molecule has 8 heteroatoms. The lowest BCUT2D eigenvalue weighted by Gasteiger charge is -2.48. The van der Waals surface area contributed by atoms with Gasteiger partial charge in [0.15, 0.2) is 18.0 Å². The van der Waals surface area contributed by atoms with Gasteiger partial charge in [-0.05, 0) is 48.9 Å². The van der Waals surface area contributed by atoms with Crippen molar-refractivity contribution >= 4 is 18.6 Å². The van der Waals surface area contributed by atoms with Crippen molar-refractivity contribution in [2.75, 3.05) is 0 Å². The number of halogens is 5. The van der Waals surface area contributed by atoms with E-state index >= 15 is 17.6 Å². The van der Waals surface area contributed by atoms with Crippen LogP contribution in [0.15, 0.2) is 29.2 Å². The first-order valence-corrected chi connectivity index (χ1v) is 12.4. The fourth-order valence-corrected chi connectivity index (χ4v) is 5.44. The highest BCUT2D eigenvalue weighted by molar-refractivity contribution is 7.80. The molecule has 5 atom stereocenters. The predicted molar refractivity (Wildman–Crippen MR) is 121 cm³/mol. The average Bonchev–Trinajstić information content (AvgIpc) is 2.81. The number of hydrogen-bond donors (Lipinski definition) is 1.